The van der Waals surface area contributed by atoms with Gasteiger partial charge in [-0.2, -0.15) is 5.26 Å². The van der Waals surface area contributed by atoms with Crippen LogP contribution in [0.4, 0.5) is 5.82 Å². The van der Waals surface area contributed by atoms with Crippen LogP contribution in [0, 0.1) is 18.3 Å². The number of thioether (sulfide) groups is 1. The summed E-state index contributed by atoms with van der Waals surface area (Å²) in [4.78, 5) is 29.7. The molecular weight excluding hydrogens is 396 g/mol. The maximum atomic E-state index is 12.8. The Balaban J connectivity index is 2.21. The molecule has 7 nitrogen and oxygen atoms in total. The molecular formula is C19H22N4O3S2. The van der Waals surface area contributed by atoms with Gasteiger partial charge in [-0.1, -0.05) is 24.0 Å². The number of nitrogens with zero attached hydrogens (tertiary/aromatic N) is 4. The van der Waals surface area contributed by atoms with Crippen molar-refractivity contribution < 1.29 is 9.53 Å². The van der Waals surface area contributed by atoms with Crippen molar-refractivity contribution in [2.75, 3.05) is 31.2 Å². The number of hydrogen-bond donors (Lipinski definition) is 0. The second kappa shape index (κ2) is 8.07. The van der Waals surface area contributed by atoms with Crippen molar-refractivity contribution in [3.63, 3.8) is 0 Å². The van der Waals surface area contributed by atoms with Crippen molar-refractivity contribution in [2.45, 2.75) is 26.8 Å². The molecule has 9 heteroatoms. The molecule has 1 aromatic heterocycles. The number of ether oxygens (including phenoxy) is 1. The summed E-state index contributed by atoms with van der Waals surface area (Å²) in [5.74, 6) is 0.546. The van der Waals surface area contributed by atoms with Gasteiger partial charge in [0, 0.05) is 31.7 Å². The van der Waals surface area contributed by atoms with E-state index in [1.807, 2.05) is 19.9 Å². The van der Waals surface area contributed by atoms with Crippen molar-refractivity contribution in [1.29, 1.82) is 5.26 Å². The number of anilines is 1. The second-order valence-corrected chi connectivity index (χ2v) is 8.63. The van der Waals surface area contributed by atoms with Crippen LogP contribution >= 0.6 is 24.0 Å². The van der Waals surface area contributed by atoms with Gasteiger partial charge in [-0.25, -0.2) is 0 Å². The van der Waals surface area contributed by atoms with Crippen molar-refractivity contribution in [2.24, 2.45) is 7.05 Å². The summed E-state index contributed by atoms with van der Waals surface area (Å²) in [6.45, 7) is 7.96. The van der Waals surface area contributed by atoms with Crippen molar-refractivity contribution in [1.82, 2.24) is 9.47 Å². The number of aromatic nitrogens is 1. The van der Waals surface area contributed by atoms with Crippen LogP contribution in [0.25, 0.3) is 6.08 Å². The minimum Gasteiger partial charge on any atom is -0.378 e. The van der Waals surface area contributed by atoms with Crippen LogP contribution < -0.4 is 10.5 Å². The molecule has 0 radical (unpaired) electrons. The smallest absolute Gasteiger partial charge is 0.270 e. The minimum absolute atomic E-state index is 0.0343. The van der Waals surface area contributed by atoms with Gasteiger partial charge >= 0.3 is 0 Å². The number of carbonyl (C=O) groups excluding carboxylic acids is 1. The fourth-order valence-electron chi connectivity index (χ4n) is 3.43. The van der Waals surface area contributed by atoms with Gasteiger partial charge in [-0.05, 0) is 32.4 Å². The van der Waals surface area contributed by atoms with Gasteiger partial charge in [0.2, 0.25) is 0 Å². The first-order valence-corrected chi connectivity index (χ1v) is 10.2. The highest BCUT2D eigenvalue weighted by atomic mass is 32.2. The van der Waals surface area contributed by atoms with Crippen LogP contribution in [-0.4, -0.2) is 52.0 Å². The summed E-state index contributed by atoms with van der Waals surface area (Å²) >= 11 is 6.61. The van der Waals surface area contributed by atoms with E-state index in [0.29, 0.717) is 52.5 Å². The zero-order valence-electron chi connectivity index (χ0n) is 16.3. The van der Waals surface area contributed by atoms with Gasteiger partial charge in [0.25, 0.3) is 11.5 Å². The lowest BCUT2D eigenvalue weighted by Crippen LogP contribution is -2.40. The van der Waals surface area contributed by atoms with E-state index < -0.39 is 0 Å². The zero-order chi connectivity index (χ0) is 20.6. The van der Waals surface area contributed by atoms with Crippen LogP contribution in [0.1, 0.15) is 30.5 Å². The zero-order valence-corrected chi connectivity index (χ0v) is 17.9. The lowest BCUT2D eigenvalue weighted by atomic mass is 10.0. The maximum Gasteiger partial charge on any atom is 0.270 e. The average molecular weight is 419 g/mol. The fourth-order valence-corrected chi connectivity index (χ4v) is 4.93. The van der Waals surface area contributed by atoms with Crippen LogP contribution in [0.2, 0.25) is 0 Å². The number of morpholine rings is 1. The summed E-state index contributed by atoms with van der Waals surface area (Å²) in [5, 5.41) is 9.50. The third-order valence-electron chi connectivity index (χ3n) is 4.89. The van der Waals surface area contributed by atoms with E-state index >= 15 is 0 Å². The van der Waals surface area contributed by atoms with Gasteiger partial charge in [-0.3, -0.25) is 19.1 Å². The maximum absolute atomic E-state index is 12.8. The fraction of sp³-hybridized carbons (Fsp3) is 0.474. The molecule has 2 aliphatic rings. The van der Waals surface area contributed by atoms with Crippen molar-refractivity contribution in [3.8, 4) is 6.07 Å². The summed E-state index contributed by atoms with van der Waals surface area (Å²) in [7, 11) is 1.66. The van der Waals surface area contributed by atoms with Gasteiger partial charge < -0.3 is 9.64 Å². The SMILES string of the molecule is Cc1c(C=C2SC(=S)N(C(C)C)C2=O)c(N2CCOCC2)n(C)c(=O)c1C#N. The van der Waals surface area contributed by atoms with Gasteiger partial charge in [0.15, 0.2) is 0 Å². The molecule has 0 atom stereocenters. The molecule has 0 spiro atoms. The first kappa shape index (κ1) is 20.6. The number of carbonyl (C=O) groups is 1. The highest BCUT2D eigenvalue weighted by Crippen LogP contribution is 2.36. The number of hydrogen-bond acceptors (Lipinski definition) is 7. The monoisotopic (exact) mass is 418 g/mol. The number of thiocarbonyl (C=S) groups is 1. The highest BCUT2D eigenvalue weighted by Gasteiger charge is 2.34. The molecule has 3 rings (SSSR count). The molecule has 0 bridgehead atoms. The van der Waals surface area contributed by atoms with E-state index in [2.05, 4.69) is 4.90 Å². The molecule has 0 aliphatic carbocycles. The van der Waals surface area contributed by atoms with Crippen molar-refractivity contribution in [3.05, 3.63) is 31.9 Å². The Labute approximate surface area is 173 Å². The summed E-state index contributed by atoms with van der Waals surface area (Å²) in [5.41, 5.74) is 1.02. The molecule has 0 aromatic carbocycles. The number of rotatable bonds is 3. The first-order valence-electron chi connectivity index (χ1n) is 9.01. The Hall–Kier alpha value is -2.15. The molecule has 0 saturated carbocycles. The van der Waals surface area contributed by atoms with Gasteiger partial charge in [-0.15, -0.1) is 0 Å². The third kappa shape index (κ3) is 3.48. The molecule has 28 heavy (non-hydrogen) atoms. The average Bonchev–Trinajstić information content (AvgIpc) is 2.94. The molecule has 0 unspecified atom stereocenters. The van der Waals surface area contributed by atoms with E-state index in [1.165, 1.54) is 16.3 Å². The van der Waals surface area contributed by atoms with E-state index in [-0.39, 0.29) is 23.1 Å². The van der Waals surface area contributed by atoms with E-state index in [1.54, 1.807) is 24.9 Å². The van der Waals surface area contributed by atoms with Gasteiger partial charge in [0.1, 0.15) is 21.8 Å². The highest BCUT2D eigenvalue weighted by molar-refractivity contribution is 8.26. The third-order valence-corrected chi connectivity index (χ3v) is 6.22. The van der Waals surface area contributed by atoms with E-state index in [0.717, 1.165) is 0 Å². The predicted molar refractivity (Wildman–Crippen MR) is 114 cm³/mol. The summed E-state index contributed by atoms with van der Waals surface area (Å²) in [6, 6.07) is 1.98. The Bertz CT molecular complexity index is 969. The van der Waals surface area contributed by atoms with E-state index in [4.69, 9.17) is 17.0 Å². The number of amides is 1. The molecule has 1 amide bonds. The lowest BCUT2D eigenvalue weighted by Gasteiger charge is -2.32. The quantitative estimate of drug-likeness (QED) is 0.549. The molecule has 0 N–H and O–H groups in total. The van der Waals surface area contributed by atoms with Gasteiger partial charge in [0.05, 0.1) is 18.1 Å². The van der Waals surface area contributed by atoms with Crippen LogP contribution in [0.15, 0.2) is 9.70 Å². The standard InChI is InChI=1S/C19H22N4O3S2/c1-11(2)23-18(25)15(28-19(23)27)9-13-12(3)14(10-20)17(24)21(4)16(13)22-5-7-26-8-6-22/h9,11H,5-8H2,1-4H3. The molecule has 3 heterocycles. The number of pyridine rings is 1. The largest absolute Gasteiger partial charge is 0.378 e. The first-order chi connectivity index (χ1) is 13.3. The van der Waals surface area contributed by atoms with Crippen LogP contribution in [0.5, 0.6) is 0 Å². The molecule has 148 valence electrons. The summed E-state index contributed by atoms with van der Waals surface area (Å²) < 4.78 is 7.44. The summed E-state index contributed by atoms with van der Waals surface area (Å²) in [6.07, 6.45) is 1.77. The Morgan fingerprint density at radius 2 is 1.93 bits per heavy atom. The molecule has 2 fully saturated rings. The Kier molecular flexibility index (Phi) is 5.93. The van der Waals surface area contributed by atoms with Crippen molar-refractivity contribution >= 4 is 46.1 Å². The lowest BCUT2D eigenvalue weighted by molar-refractivity contribution is -0.123. The minimum atomic E-state index is -0.339. The topological polar surface area (TPSA) is 78.6 Å². The van der Waals surface area contributed by atoms with Crippen LogP contribution in [-0.2, 0) is 16.6 Å². The number of nitriles is 1. The Morgan fingerprint density at radius 1 is 1.29 bits per heavy atom. The second-order valence-electron chi connectivity index (χ2n) is 6.96. The molecule has 1 aromatic rings. The van der Waals surface area contributed by atoms with Crippen LogP contribution in [0.3, 0.4) is 0 Å². The normalized spacial score (nSPS) is 19.1. The Morgan fingerprint density at radius 3 is 2.46 bits per heavy atom. The van der Waals surface area contributed by atoms with E-state index in [9.17, 15) is 14.9 Å². The molecule has 2 saturated heterocycles. The molecule has 2 aliphatic heterocycles. The predicted octanol–water partition coefficient (Wildman–Crippen LogP) is 2.01.